The molecule has 0 aliphatic carbocycles. The number of rotatable bonds is 10. The molecule has 0 saturated heterocycles. The standard InChI is InChI=1S/C10H20Br2O5.Te/c1-9(2,13)7-16-5-3-15-4-6-17-8-10(11,12)14;/h13-14H,3-8H2,1-2H3;. The van der Waals surface area contributed by atoms with Crippen LogP contribution in [0.1, 0.15) is 13.8 Å². The molecular weight excluding hydrogens is 488 g/mol. The van der Waals surface area contributed by atoms with Crippen molar-refractivity contribution in [3.63, 3.8) is 0 Å². The second-order valence-electron chi connectivity index (χ2n) is 4.20. The summed E-state index contributed by atoms with van der Waals surface area (Å²) in [6.45, 7) is 5.50. The second-order valence-corrected chi connectivity index (χ2v) is 7.88. The maximum atomic E-state index is 9.35. The Hall–Kier alpha value is 1.55. The van der Waals surface area contributed by atoms with Gasteiger partial charge in [-0.2, -0.15) is 0 Å². The van der Waals surface area contributed by atoms with E-state index in [-0.39, 0.29) is 36.9 Å². The summed E-state index contributed by atoms with van der Waals surface area (Å²) in [4.78, 5) is 0. The summed E-state index contributed by atoms with van der Waals surface area (Å²) in [6, 6.07) is 0. The van der Waals surface area contributed by atoms with Crippen molar-refractivity contribution in [3.05, 3.63) is 0 Å². The van der Waals surface area contributed by atoms with E-state index in [0.29, 0.717) is 26.4 Å². The van der Waals surface area contributed by atoms with Crippen molar-refractivity contribution < 1.29 is 24.4 Å². The third-order valence-corrected chi connectivity index (χ3v) is 1.93. The minimum absolute atomic E-state index is 0. The normalized spacial score (nSPS) is 12.3. The van der Waals surface area contributed by atoms with Crippen LogP contribution in [-0.2, 0) is 14.2 Å². The predicted octanol–water partition coefficient (Wildman–Crippen LogP) is 0.862. The molecule has 0 heterocycles. The van der Waals surface area contributed by atoms with Crippen molar-refractivity contribution in [2.75, 3.05) is 39.6 Å². The topological polar surface area (TPSA) is 68.2 Å². The van der Waals surface area contributed by atoms with Crippen LogP contribution < -0.4 is 0 Å². The van der Waals surface area contributed by atoms with Gasteiger partial charge in [-0.15, -0.1) is 0 Å². The molecule has 2 radical (unpaired) electrons. The van der Waals surface area contributed by atoms with Crippen molar-refractivity contribution >= 4 is 55.5 Å². The minimum Gasteiger partial charge on any atom is -0.388 e. The van der Waals surface area contributed by atoms with Crippen LogP contribution in [0.4, 0.5) is 0 Å². The van der Waals surface area contributed by atoms with Crippen LogP contribution in [0.15, 0.2) is 0 Å². The summed E-state index contributed by atoms with van der Waals surface area (Å²) in [5.41, 5.74) is -0.806. The van der Waals surface area contributed by atoms with Crippen molar-refractivity contribution in [1.82, 2.24) is 0 Å². The third kappa shape index (κ3) is 19.9. The minimum atomic E-state index is -1.17. The van der Waals surface area contributed by atoms with Gasteiger partial charge in [0.15, 0.2) is 3.42 Å². The number of aliphatic hydroxyl groups is 2. The zero-order chi connectivity index (χ0) is 13.4. The van der Waals surface area contributed by atoms with E-state index in [0.717, 1.165) is 0 Å². The predicted molar refractivity (Wildman–Crippen MR) is 77.3 cm³/mol. The molecule has 2 N–H and O–H groups in total. The van der Waals surface area contributed by atoms with E-state index in [1.54, 1.807) is 13.8 Å². The molecule has 8 heteroatoms. The number of ether oxygens (including phenoxy) is 3. The van der Waals surface area contributed by atoms with E-state index < -0.39 is 9.02 Å². The maximum absolute atomic E-state index is 9.35. The molecule has 0 aromatic carbocycles. The Labute approximate surface area is 142 Å². The van der Waals surface area contributed by atoms with E-state index >= 15 is 0 Å². The zero-order valence-electron chi connectivity index (χ0n) is 10.5. The van der Waals surface area contributed by atoms with Gasteiger partial charge >= 0.3 is 0 Å². The van der Waals surface area contributed by atoms with Crippen molar-refractivity contribution in [2.45, 2.75) is 22.9 Å². The average molecular weight is 508 g/mol. The molecule has 0 atom stereocenters. The molecule has 5 nitrogen and oxygen atoms in total. The average Bonchev–Trinajstić information content (AvgIpc) is 2.11. The van der Waals surface area contributed by atoms with Gasteiger partial charge in [-0.25, -0.2) is 0 Å². The number of hydrogen-bond acceptors (Lipinski definition) is 5. The molecule has 18 heavy (non-hydrogen) atoms. The van der Waals surface area contributed by atoms with Crippen molar-refractivity contribution in [1.29, 1.82) is 0 Å². The SMILES string of the molecule is CC(C)(O)COCCOCCOCC(O)(Br)Br.[Te]. The summed E-state index contributed by atoms with van der Waals surface area (Å²) >= 11 is 5.93. The first-order chi connectivity index (χ1) is 7.71. The monoisotopic (exact) mass is 508 g/mol. The molecule has 0 aromatic heterocycles. The largest absolute Gasteiger partial charge is 0.388 e. The van der Waals surface area contributed by atoms with Crippen molar-refractivity contribution in [3.8, 4) is 0 Å². The van der Waals surface area contributed by atoms with Crippen LogP contribution in [0, 0.1) is 0 Å². The van der Waals surface area contributed by atoms with Crippen LogP contribution in [0.5, 0.6) is 0 Å². The molecule has 0 bridgehead atoms. The van der Waals surface area contributed by atoms with Crippen LogP contribution >= 0.6 is 31.9 Å². The summed E-state index contributed by atoms with van der Waals surface area (Å²) in [5, 5.41) is 18.5. The Kier molecular flexibility index (Phi) is 13.6. The van der Waals surface area contributed by atoms with Gasteiger partial charge in [0.05, 0.1) is 45.2 Å². The fourth-order valence-corrected chi connectivity index (χ4v) is 1.18. The second kappa shape index (κ2) is 11.2. The number of halogens is 2. The number of hydrogen-bond donors (Lipinski definition) is 2. The summed E-state index contributed by atoms with van der Waals surface area (Å²) in [7, 11) is 0. The molecule has 110 valence electrons. The first-order valence-corrected chi connectivity index (χ1v) is 6.85. The van der Waals surface area contributed by atoms with Crippen LogP contribution in [0.25, 0.3) is 0 Å². The fourth-order valence-electron chi connectivity index (χ4n) is 0.855. The molecule has 0 saturated carbocycles. The van der Waals surface area contributed by atoms with E-state index in [9.17, 15) is 10.2 Å². The fraction of sp³-hybridized carbons (Fsp3) is 1.00. The Morgan fingerprint density at radius 1 is 0.833 bits per heavy atom. The van der Waals surface area contributed by atoms with E-state index in [4.69, 9.17) is 14.2 Å². The van der Waals surface area contributed by atoms with E-state index in [1.165, 1.54) is 0 Å². The smallest absolute Gasteiger partial charge is 0.198 e. The molecule has 0 fully saturated rings. The molecule has 0 aliphatic rings. The van der Waals surface area contributed by atoms with Gasteiger partial charge in [0, 0.05) is 23.7 Å². The van der Waals surface area contributed by atoms with Crippen molar-refractivity contribution in [2.24, 2.45) is 0 Å². The Morgan fingerprint density at radius 2 is 1.22 bits per heavy atom. The molecular formula is C10H20Br2O5Te. The van der Waals surface area contributed by atoms with Gasteiger partial charge in [-0.05, 0) is 45.7 Å². The molecule has 0 aliphatic heterocycles. The number of alkyl halides is 2. The summed E-state index contributed by atoms with van der Waals surface area (Å²) in [5.74, 6) is 0. The Bertz CT molecular complexity index is 174. The molecule has 0 rings (SSSR count). The molecule has 0 amide bonds. The van der Waals surface area contributed by atoms with Gasteiger partial charge in [0.2, 0.25) is 0 Å². The van der Waals surface area contributed by atoms with Gasteiger partial charge in [-0.1, -0.05) is 0 Å². The molecule has 0 spiro atoms. The maximum Gasteiger partial charge on any atom is 0.198 e. The molecule has 0 aromatic rings. The zero-order valence-corrected chi connectivity index (χ0v) is 16.0. The van der Waals surface area contributed by atoms with Gasteiger partial charge in [-0.3, -0.25) is 0 Å². The summed E-state index contributed by atoms with van der Waals surface area (Å²) in [6.07, 6.45) is 0. The van der Waals surface area contributed by atoms with Crippen LogP contribution in [0.2, 0.25) is 0 Å². The van der Waals surface area contributed by atoms with Gasteiger partial charge in [0.1, 0.15) is 0 Å². The van der Waals surface area contributed by atoms with Gasteiger partial charge in [0.25, 0.3) is 0 Å². The Balaban J connectivity index is 0. The quantitative estimate of drug-likeness (QED) is 0.261. The van der Waals surface area contributed by atoms with E-state index in [1.807, 2.05) is 0 Å². The third-order valence-electron chi connectivity index (χ3n) is 1.48. The van der Waals surface area contributed by atoms with E-state index in [2.05, 4.69) is 31.9 Å². The van der Waals surface area contributed by atoms with Crippen LogP contribution in [-0.4, -0.2) is 82.5 Å². The summed E-state index contributed by atoms with van der Waals surface area (Å²) < 4.78 is 14.3. The molecule has 0 unspecified atom stereocenters. The Morgan fingerprint density at radius 3 is 1.61 bits per heavy atom. The van der Waals surface area contributed by atoms with Gasteiger partial charge < -0.3 is 24.4 Å². The van der Waals surface area contributed by atoms with Crippen LogP contribution in [0.3, 0.4) is 0 Å². The first-order valence-electron chi connectivity index (χ1n) is 5.26. The first kappa shape index (κ1) is 21.8.